The molecule has 1 aliphatic rings. The number of anilines is 1. The number of morpholine rings is 1. The van der Waals surface area contributed by atoms with Crippen molar-refractivity contribution < 1.29 is 17.9 Å². The smallest absolute Gasteiger partial charge is 0.255 e. The van der Waals surface area contributed by atoms with Crippen LogP contribution in [0.5, 0.6) is 0 Å². The number of carbonyl (C=O) groups is 1. The zero-order chi connectivity index (χ0) is 24.6. The number of ether oxygens (including phenoxy) is 1. The fourth-order valence-electron chi connectivity index (χ4n) is 4.27. The molecule has 5 rings (SSSR count). The molecule has 2 heterocycles. The predicted octanol–water partition coefficient (Wildman–Crippen LogP) is 3.92. The van der Waals surface area contributed by atoms with Gasteiger partial charge in [-0.05, 0) is 61.9 Å². The quantitative estimate of drug-likeness (QED) is 0.458. The molecule has 8 nitrogen and oxygen atoms in total. The van der Waals surface area contributed by atoms with Gasteiger partial charge in [-0.3, -0.25) is 9.36 Å². The van der Waals surface area contributed by atoms with Gasteiger partial charge in [0.15, 0.2) is 0 Å². The zero-order valence-electron chi connectivity index (χ0n) is 19.6. The molecule has 1 fully saturated rings. The minimum Gasteiger partial charge on any atom is -0.379 e. The van der Waals surface area contributed by atoms with Gasteiger partial charge in [-0.2, -0.15) is 4.31 Å². The molecule has 180 valence electrons. The minimum absolute atomic E-state index is 0.146. The first-order valence-corrected chi connectivity index (χ1v) is 12.8. The predicted molar refractivity (Wildman–Crippen MR) is 135 cm³/mol. The van der Waals surface area contributed by atoms with Crippen molar-refractivity contribution in [3.05, 3.63) is 83.7 Å². The van der Waals surface area contributed by atoms with E-state index in [1.54, 1.807) is 24.3 Å². The molecule has 0 bridgehead atoms. The second-order valence-electron chi connectivity index (χ2n) is 8.48. The van der Waals surface area contributed by atoms with E-state index in [4.69, 9.17) is 4.74 Å². The third kappa shape index (κ3) is 4.45. The number of hydrogen-bond acceptors (Lipinski definition) is 5. The maximum absolute atomic E-state index is 13.1. The maximum Gasteiger partial charge on any atom is 0.255 e. The van der Waals surface area contributed by atoms with Crippen molar-refractivity contribution in [3.8, 4) is 5.69 Å². The van der Waals surface area contributed by atoms with Crippen LogP contribution in [0.25, 0.3) is 16.7 Å². The molecule has 1 aliphatic heterocycles. The molecule has 4 aromatic rings. The fraction of sp³-hybridized carbons (Fsp3) is 0.231. The molecule has 0 unspecified atom stereocenters. The Hall–Kier alpha value is -3.53. The van der Waals surface area contributed by atoms with Gasteiger partial charge in [-0.15, -0.1) is 0 Å². The van der Waals surface area contributed by atoms with E-state index in [2.05, 4.69) is 10.3 Å². The van der Waals surface area contributed by atoms with E-state index >= 15 is 0 Å². The molecule has 35 heavy (non-hydrogen) atoms. The van der Waals surface area contributed by atoms with E-state index in [1.165, 1.54) is 10.4 Å². The van der Waals surface area contributed by atoms with Crippen molar-refractivity contribution in [1.29, 1.82) is 0 Å². The van der Waals surface area contributed by atoms with Crippen LogP contribution >= 0.6 is 0 Å². The molecule has 0 radical (unpaired) electrons. The fourth-order valence-corrected chi connectivity index (χ4v) is 5.71. The lowest BCUT2D eigenvalue weighted by molar-refractivity contribution is 0.0730. The number of aromatic nitrogens is 2. The molecule has 1 aromatic heterocycles. The lowest BCUT2D eigenvalue weighted by Gasteiger charge is -2.26. The maximum atomic E-state index is 13.1. The largest absolute Gasteiger partial charge is 0.379 e. The molecule has 0 atom stereocenters. The summed E-state index contributed by atoms with van der Waals surface area (Å²) in [6, 6.07) is 20.1. The molecule has 9 heteroatoms. The summed E-state index contributed by atoms with van der Waals surface area (Å²) in [5, 5.41) is 2.88. The van der Waals surface area contributed by atoms with Crippen LogP contribution < -0.4 is 5.32 Å². The molecular formula is C26H26N4O4S. The van der Waals surface area contributed by atoms with Crippen molar-refractivity contribution in [1.82, 2.24) is 13.9 Å². The number of carbonyl (C=O) groups excluding carboxylic acids is 1. The number of nitrogens with zero attached hydrogens (tertiary/aromatic N) is 3. The number of aryl methyl sites for hydroxylation is 2. The second-order valence-corrected chi connectivity index (χ2v) is 10.4. The third-order valence-corrected chi connectivity index (χ3v) is 8.06. The number of para-hydroxylation sites is 1. The van der Waals surface area contributed by atoms with Crippen LogP contribution in [0.1, 0.15) is 21.7 Å². The summed E-state index contributed by atoms with van der Waals surface area (Å²) >= 11 is 0. The van der Waals surface area contributed by atoms with Crippen molar-refractivity contribution in [2.24, 2.45) is 0 Å². The number of benzene rings is 3. The first kappa shape index (κ1) is 23.2. The Kier molecular flexibility index (Phi) is 6.14. The van der Waals surface area contributed by atoms with Crippen molar-refractivity contribution in [2.75, 3.05) is 31.6 Å². The molecule has 1 saturated heterocycles. The van der Waals surface area contributed by atoms with E-state index in [-0.39, 0.29) is 10.8 Å². The highest BCUT2D eigenvalue weighted by molar-refractivity contribution is 7.89. The van der Waals surface area contributed by atoms with Crippen LogP contribution in [0.2, 0.25) is 0 Å². The summed E-state index contributed by atoms with van der Waals surface area (Å²) in [5.41, 5.74) is 4.27. The van der Waals surface area contributed by atoms with Crippen LogP contribution in [0, 0.1) is 13.8 Å². The second kappa shape index (κ2) is 9.26. The standard InChI is InChI=1S/C26H26N4O4S/c1-18-8-10-22(35(32,33)29-12-14-34-15-13-29)17-23(18)28-26(31)20-9-11-25-24(16-20)27-19(2)30(25)21-6-4-3-5-7-21/h3-11,16-17H,12-15H2,1-2H3,(H,28,31). The van der Waals surface area contributed by atoms with Crippen molar-refractivity contribution >= 4 is 32.7 Å². The van der Waals surface area contributed by atoms with Gasteiger partial charge in [-0.25, -0.2) is 13.4 Å². The van der Waals surface area contributed by atoms with E-state index in [0.717, 1.165) is 22.6 Å². The molecule has 1 amide bonds. The van der Waals surface area contributed by atoms with Gasteiger partial charge >= 0.3 is 0 Å². The normalized spacial score (nSPS) is 14.8. The monoisotopic (exact) mass is 490 g/mol. The number of rotatable bonds is 5. The highest BCUT2D eigenvalue weighted by Gasteiger charge is 2.27. The number of amides is 1. The Labute approximate surface area is 204 Å². The zero-order valence-corrected chi connectivity index (χ0v) is 20.4. The Bertz CT molecular complexity index is 1510. The SMILES string of the molecule is Cc1ccc(S(=O)(=O)N2CCOCC2)cc1NC(=O)c1ccc2c(c1)nc(C)n2-c1ccccc1. The average Bonchev–Trinajstić information content (AvgIpc) is 3.21. The lowest BCUT2D eigenvalue weighted by atomic mass is 10.1. The van der Waals surface area contributed by atoms with Crippen LogP contribution in [0.3, 0.4) is 0 Å². The Morgan fingerprint density at radius 2 is 1.71 bits per heavy atom. The Morgan fingerprint density at radius 3 is 2.46 bits per heavy atom. The number of hydrogen-bond donors (Lipinski definition) is 1. The van der Waals surface area contributed by atoms with Gasteiger partial charge in [-0.1, -0.05) is 24.3 Å². The summed E-state index contributed by atoms with van der Waals surface area (Å²) in [6.45, 7) is 5.12. The van der Waals surface area contributed by atoms with Gasteiger partial charge in [0.05, 0.1) is 29.1 Å². The van der Waals surface area contributed by atoms with Gasteiger partial charge in [0.2, 0.25) is 10.0 Å². The Morgan fingerprint density at radius 1 is 0.971 bits per heavy atom. The summed E-state index contributed by atoms with van der Waals surface area (Å²) in [7, 11) is -3.67. The summed E-state index contributed by atoms with van der Waals surface area (Å²) in [5.74, 6) is 0.489. The minimum atomic E-state index is -3.67. The number of sulfonamides is 1. The lowest BCUT2D eigenvalue weighted by Crippen LogP contribution is -2.40. The van der Waals surface area contributed by atoms with Crippen LogP contribution in [0.4, 0.5) is 5.69 Å². The van der Waals surface area contributed by atoms with Crippen LogP contribution in [0.15, 0.2) is 71.6 Å². The molecule has 3 aromatic carbocycles. The highest BCUT2D eigenvalue weighted by Crippen LogP contribution is 2.26. The van der Waals surface area contributed by atoms with E-state index < -0.39 is 10.0 Å². The number of fused-ring (bicyclic) bond motifs is 1. The molecule has 1 N–H and O–H groups in total. The highest BCUT2D eigenvalue weighted by atomic mass is 32.2. The van der Waals surface area contributed by atoms with E-state index in [0.29, 0.717) is 43.1 Å². The molecular weight excluding hydrogens is 464 g/mol. The van der Waals surface area contributed by atoms with Gasteiger partial charge in [0.25, 0.3) is 5.91 Å². The first-order valence-electron chi connectivity index (χ1n) is 11.4. The van der Waals surface area contributed by atoms with E-state index in [9.17, 15) is 13.2 Å². The molecule has 0 saturated carbocycles. The van der Waals surface area contributed by atoms with E-state index in [1.807, 2.05) is 54.8 Å². The Balaban J connectivity index is 1.43. The average molecular weight is 491 g/mol. The van der Waals surface area contributed by atoms with Crippen molar-refractivity contribution in [2.45, 2.75) is 18.7 Å². The van der Waals surface area contributed by atoms with Crippen LogP contribution in [-0.2, 0) is 14.8 Å². The molecule has 0 aliphatic carbocycles. The number of nitrogens with one attached hydrogen (secondary N) is 1. The molecule has 0 spiro atoms. The van der Waals surface area contributed by atoms with Gasteiger partial charge < -0.3 is 10.1 Å². The first-order chi connectivity index (χ1) is 16.8. The van der Waals surface area contributed by atoms with Gasteiger partial charge in [0.1, 0.15) is 5.82 Å². The summed E-state index contributed by atoms with van der Waals surface area (Å²) in [4.78, 5) is 17.9. The third-order valence-electron chi connectivity index (χ3n) is 6.16. The van der Waals surface area contributed by atoms with Crippen molar-refractivity contribution in [3.63, 3.8) is 0 Å². The summed E-state index contributed by atoms with van der Waals surface area (Å²) < 4.78 is 34.8. The van der Waals surface area contributed by atoms with Crippen LogP contribution in [-0.4, -0.2) is 54.5 Å². The van der Waals surface area contributed by atoms with Gasteiger partial charge in [0, 0.05) is 30.0 Å². The number of imidazole rings is 1. The topological polar surface area (TPSA) is 93.5 Å². The summed E-state index contributed by atoms with van der Waals surface area (Å²) in [6.07, 6.45) is 0.